The quantitative estimate of drug-likeness (QED) is 0.911. The number of rotatable bonds is 2. The third kappa shape index (κ3) is 4.90. The van der Waals surface area contributed by atoms with E-state index in [1.807, 2.05) is 25.8 Å². The van der Waals surface area contributed by atoms with Gasteiger partial charge in [-0.3, -0.25) is 0 Å². The van der Waals surface area contributed by atoms with E-state index in [-0.39, 0.29) is 11.9 Å². The van der Waals surface area contributed by atoms with Crippen LogP contribution in [-0.4, -0.2) is 47.8 Å². The monoisotopic (exact) mass is 295 g/mol. The summed E-state index contributed by atoms with van der Waals surface area (Å²) in [6, 6.07) is 6.21. The van der Waals surface area contributed by atoms with E-state index in [2.05, 4.69) is 5.43 Å². The Labute approximate surface area is 124 Å². The maximum Gasteiger partial charge on any atom is 0.410 e. The van der Waals surface area contributed by atoms with Gasteiger partial charge in [-0.15, -0.1) is 0 Å². The molecule has 0 saturated carbocycles. The number of halogens is 1. The lowest BCUT2D eigenvalue weighted by molar-refractivity contribution is 0.0163. The molecule has 1 heterocycles. The molecule has 0 radical (unpaired) electrons. The van der Waals surface area contributed by atoms with Crippen LogP contribution in [0.3, 0.4) is 0 Å². The normalized spacial score (nSPS) is 16.7. The van der Waals surface area contributed by atoms with Gasteiger partial charge in [0.2, 0.25) is 0 Å². The van der Waals surface area contributed by atoms with Gasteiger partial charge in [-0.2, -0.15) is 0 Å². The number of amides is 1. The molecule has 1 N–H and O–H groups in total. The molecule has 0 bridgehead atoms. The summed E-state index contributed by atoms with van der Waals surface area (Å²) in [5.41, 5.74) is 3.57. The second-order valence-corrected chi connectivity index (χ2v) is 6.07. The molecule has 0 spiro atoms. The number of nitrogens with one attached hydrogen (secondary N) is 1. The summed E-state index contributed by atoms with van der Waals surface area (Å²) in [5, 5.41) is 2.01. The second-order valence-electron chi connectivity index (χ2n) is 6.07. The molecule has 21 heavy (non-hydrogen) atoms. The first-order valence-electron chi connectivity index (χ1n) is 7.08. The topological polar surface area (TPSA) is 44.8 Å². The molecule has 1 amide bonds. The first kappa shape index (κ1) is 15.6. The van der Waals surface area contributed by atoms with E-state index in [1.165, 1.54) is 12.1 Å². The van der Waals surface area contributed by atoms with Crippen LogP contribution in [0.1, 0.15) is 20.8 Å². The minimum absolute atomic E-state index is 0.254. The fourth-order valence-electron chi connectivity index (χ4n) is 2.03. The van der Waals surface area contributed by atoms with Crippen molar-refractivity contribution < 1.29 is 13.9 Å². The van der Waals surface area contributed by atoms with Crippen molar-refractivity contribution in [3.05, 3.63) is 30.1 Å². The van der Waals surface area contributed by atoms with Gasteiger partial charge < -0.3 is 15.1 Å². The summed E-state index contributed by atoms with van der Waals surface area (Å²) >= 11 is 0. The van der Waals surface area contributed by atoms with Gasteiger partial charge in [-0.05, 0) is 45.0 Å². The lowest BCUT2D eigenvalue weighted by Gasteiger charge is -2.36. The average Bonchev–Trinajstić information content (AvgIpc) is 2.40. The zero-order valence-corrected chi connectivity index (χ0v) is 12.7. The number of benzene rings is 1. The maximum absolute atomic E-state index is 12.8. The second kappa shape index (κ2) is 6.30. The summed E-state index contributed by atoms with van der Waals surface area (Å²) in [4.78, 5) is 13.6. The lowest BCUT2D eigenvalue weighted by atomic mass is 10.2. The van der Waals surface area contributed by atoms with Crippen molar-refractivity contribution in [2.24, 2.45) is 0 Å². The number of carbonyl (C=O) groups is 1. The Hall–Kier alpha value is -1.82. The molecule has 6 heteroatoms. The number of nitrogens with zero attached hydrogens (tertiary/aromatic N) is 2. The van der Waals surface area contributed by atoms with Crippen molar-refractivity contribution in [3.63, 3.8) is 0 Å². The van der Waals surface area contributed by atoms with E-state index >= 15 is 0 Å². The highest BCUT2D eigenvalue weighted by molar-refractivity contribution is 5.68. The zero-order valence-electron chi connectivity index (χ0n) is 12.7. The maximum atomic E-state index is 12.8. The van der Waals surface area contributed by atoms with Gasteiger partial charge >= 0.3 is 6.09 Å². The fourth-order valence-corrected chi connectivity index (χ4v) is 2.03. The first-order valence-corrected chi connectivity index (χ1v) is 7.08. The molecule has 116 valence electrons. The van der Waals surface area contributed by atoms with Crippen LogP contribution in [0.5, 0.6) is 0 Å². The van der Waals surface area contributed by atoms with Crippen LogP contribution in [0.4, 0.5) is 14.9 Å². The van der Waals surface area contributed by atoms with Crippen molar-refractivity contribution in [2.45, 2.75) is 26.4 Å². The summed E-state index contributed by atoms with van der Waals surface area (Å²) in [6.07, 6.45) is -0.274. The Morgan fingerprint density at radius 1 is 1.14 bits per heavy atom. The molecule has 1 saturated heterocycles. The molecule has 5 nitrogen and oxygen atoms in total. The Morgan fingerprint density at radius 3 is 2.24 bits per heavy atom. The number of hydrogen-bond acceptors (Lipinski definition) is 4. The van der Waals surface area contributed by atoms with E-state index in [0.29, 0.717) is 26.2 Å². The SMILES string of the molecule is CC(C)(C)OC(=O)N1CCN(Nc2ccc(F)cc2)CC1. The summed E-state index contributed by atoms with van der Waals surface area (Å²) in [5.74, 6) is -0.254. The molecule has 1 aliphatic heterocycles. The minimum Gasteiger partial charge on any atom is -0.444 e. The highest BCUT2D eigenvalue weighted by Crippen LogP contribution is 2.13. The van der Waals surface area contributed by atoms with Gasteiger partial charge in [0.15, 0.2) is 0 Å². The Morgan fingerprint density at radius 2 is 1.71 bits per heavy atom. The molecule has 1 fully saturated rings. The molecule has 2 rings (SSSR count). The predicted molar refractivity (Wildman–Crippen MR) is 79.4 cm³/mol. The lowest BCUT2D eigenvalue weighted by Crippen LogP contribution is -2.51. The fraction of sp³-hybridized carbons (Fsp3) is 0.533. The molecule has 0 unspecified atom stereocenters. The Balaban J connectivity index is 1.80. The number of hydrogen-bond donors (Lipinski definition) is 1. The van der Waals surface area contributed by atoms with Crippen molar-refractivity contribution in [1.29, 1.82) is 0 Å². The highest BCUT2D eigenvalue weighted by Gasteiger charge is 2.25. The number of hydrazine groups is 1. The minimum atomic E-state index is -0.472. The summed E-state index contributed by atoms with van der Waals surface area (Å²) in [7, 11) is 0. The van der Waals surface area contributed by atoms with Gasteiger partial charge in [0.05, 0.1) is 0 Å². The smallest absolute Gasteiger partial charge is 0.410 e. The standard InChI is InChI=1S/C15H22FN3O2/c1-15(2,3)21-14(20)18-8-10-19(11-9-18)17-13-6-4-12(16)5-7-13/h4-7,17H,8-11H2,1-3H3. The predicted octanol–water partition coefficient (Wildman–Crippen LogP) is 2.71. The molecular formula is C15H22FN3O2. The number of piperazine rings is 1. The number of ether oxygens (including phenoxy) is 1. The molecule has 0 atom stereocenters. The van der Waals surface area contributed by atoms with Crippen LogP contribution in [0, 0.1) is 5.82 Å². The molecule has 0 aromatic heterocycles. The van der Waals surface area contributed by atoms with Gasteiger partial charge in [0, 0.05) is 31.9 Å². The van der Waals surface area contributed by atoms with Crippen molar-refractivity contribution in [2.75, 3.05) is 31.6 Å². The van der Waals surface area contributed by atoms with Crippen molar-refractivity contribution in [1.82, 2.24) is 9.91 Å². The zero-order chi connectivity index (χ0) is 15.5. The first-order chi connectivity index (χ1) is 9.83. The van der Waals surface area contributed by atoms with Gasteiger partial charge in [-0.25, -0.2) is 14.2 Å². The van der Waals surface area contributed by atoms with Crippen LogP contribution in [0.15, 0.2) is 24.3 Å². The van der Waals surface area contributed by atoms with E-state index < -0.39 is 5.60 Å². The van der Waals surface area contributed by atoms with E-state index in [1.54, 1.807) is 17.0 Å². The Kier molecular flexibility index (Phi) is 4.67. The highest BCUT2D eigenvalue weighted by atomic mass is 19.1. The van der Waals surface area contributed by atoms with E-state index in [9.17, 15) is 9.18 Å². The van der Waals surface area contributed by atoms with Crippen LogP contribution in [0.2, 0.25) is 0 Å². The number of carbonyl (C=O) groups excluding carboxylic acids is 1. The van der Waals surface area contributed by atoms with Crippen molar-refractivity contribution >= 4 is 11.8 Å². The van der Waals surface area contributed by atoms with Gasteiger partial charge in [0.1, 0.15) is 11.4 Å². The molecule has 1 aliphatic rings. The van der Waals surface area contributed by atoms with E-state index in [4.69, 9.17) is 4.74 Å². The van der Waals surface area contributed by atoms with Crippen LogP contribution in [-0.2, 0) is 4.74 Å². The van der Waals surface area contributed by atoms with Gasteiger partial charge in [0.25, 0.3) is 0 Å². The molecule has 1 aromatic carbocycles. The van der Waals surface area contributed by atoms with Gasteiger partial charge in [-0.1, -0.05) is 0 Å². The summed E-state index contributed by atoms with van der Waals surface area (Å²) < 4.78 is 18.2. The molecule has 0 aliphatic carbocycles. The number of anilines is 1. The molecule has 1 aromatic rings. The third-order valence-corrected chi connectivity index (χ3v) is 3.06. The van der Waals surface area contributed by atoms with E-state index in [0.717, 1.165) is 5.69 Å². The molecular weight excluding hydrogens is 273 g/mol. The Bertz CT molecular complexity index is 477. The van der Waals surface area contributed by atoms with Crippen LogP contribution >= 0.6 is 0 Å². The van der Waals surface area contributed by atoms with Crippen molar-refractivity contribution in [3.8, 4) is 0 Å². The average molecular weight is 295 g/mol. The largest absolute Gasteiger partial charge is 0.444 e. The van der Waals surface area contributed by atoms with Crippen LogP contribution in [0.25, 0.3) is 0 Å². The summed E-state index contributed by atoms with van der Waals surface area (Å²) in [6.45, 7) is 8.16. The third-order valence-electron chi connectivity index (χ3n) is 3.06. The van der Waals surface area contributed by atoms with Crippen LogP contribution < -0.4 is 5.43 Å².